The minimum atomic E-state index is 0.387. The molecule has 0 atom stereocenters. The van der Waals surface area contributed by atoms with E-state index in [1.165, 1.54) is 21.4 Å². The molecule has 0 aliphatic heterocycles. The normalized spacial score (nSPS) is 11.1. The van der Waals surface area contributed by atoms with E-state index in [0.29, 0.717) is 11.5 Å². The van der Waals surface area contributed by atoms with Gasteiger partial charge in [-0.25, -0.2) is 9.97 Å². The summed E-state index contributed by atoms with van der Waals surface area (Å²) in [4.78, 5) is 8.62. The van der Waals surface area contributed by atoms with Gasteiger partial charge in [0.05, 0.1) is 20.9 Å². The summed E-state index contributed by atoms with van der Waals surface area (Å²) in [6.07, 6.45) is 2.42. The minimum Gasteiger partial charge on any atom is -0.396 e. The highest BCUT2D eigenvalue weighted by molar-refractivity contribution is 7.18. The van der Waals surface area contributed by atoms with E-state index in [4.69, 9.17) is 11.5 Å². The van der Waals surface area contributed by atoms with E-state index in [-0.39, 0.29) is 0 Å². The van der Waals surface area contributed by atoms with Crippen LogP contribution in [0.25, 0.3) is 21.3 Å². The van der Waals surface area contributed by atoms with Crippen LogP contribution >= 0.6 is 11.3 Å². The Morgan fingerprint density at radius 3 is 2.72 bits per heavy atom. The van der Waals surface area contributed by atoms with Gasteiger partial charge in [-0.1, -0.05) is 30.3 Å². The van der Waals surface area contributed by atoms with Crippen LogP contribution in [0.2, 0.25) is 0 Å². The van der Waals surface area contributed by atoms with Crippen molar-refractivity contribution in [1.82, 2.24) is 9.97 Å². The molecule has 0 bridgehead atoms. The fraction of sp³-hybridized carbons (Fsp3) is 0.100. The Balaban J connectivity index is 1.69. The smallest absolute Gasteiger partial charge is 0.146 e. The molecule has 4 N–H and O–H groups in total. The Kier molecular flexibility index (Phi) is 3.86. The molecule has 0 amide bonds. The lowest BCUT2D eigenvalue weighted by atomic mass is 9.99. The lowest BCUT2D eigenvalue weighted by Crippen LogP contribution is -2.02. The highest BCUT2D eigenvalue weighted by atomic mass is 32.1. The van der Waals surface area contributed by atoms with Gasteiger partial charge < -0.3 is 11.5 Å². The molecular weight excluding hydrogens is 328 g/mol. The van der Waals surface area contributed by atoms with Gasteiger partial charge in [-0.05, 0) is 53.8 Å². The van der Waals surface area contributed by atoms with E-state index in [1.54, 1.807) is 17.5 Å². The Morgan fingerprint density at radius 1 is 1.00 bits per heavy atom. The molecule has 0 saturated carbocycles. The number of aryl methyl sites for hydroxylation is 1. The Labute approximate surface area is 150 Å². The van der Waals surface area contributed by atoms with E-state index in [9.17, 15) is 0 Å². The number of benzene rings is 2. The molecule has 5 heteroatoms. The summed E-state index contributed by atoms with van der Waals surface area (Å²) >= 11 is 1.72. The average Bonchev–Trinajstić information content (AvgIpc) is 2.98. The fourth-order valence-corrected chi connectivity index (χ4v) is 3.80. The first-order valence-corrected chi connectivity index (χ1v) is 8.87. The van der Waals surface area contributed by atoms with Crippen LogP contribution in [0.4, 0.5) is 11.5 Å². The van der Waals surface area contributed by atoms with Crippen molar-refractivity contribution in [2.45, 2.75) is 13.3 Å². The van der Waals surface area contributed by atoms with Crippen LogP contribution in [0.5, 0.6) is 0 Å². The summed E-state index contributed by atoms with van der Waals surface area (Å²) in [6.45, 7) is 2.04. The molecule has 4 nitrogen and oxygen atoms in total. The maximum absolute atomic E-state index is 6.05. The van der Waals surface area contributed by atoms with Crippen molar-refractivity contribution in [3.63, 3.8) is 0 Å². The highest BCUT2D eigenvalue weighted by Crippen LogP contribution is 2.29. The molecule has 4 aromatic rings. The van der Waals surface area contributed by atoms with Gasteiger partial charge in [0.1, 0.15) is 5.82 Å². The van der Waals surface area contributed by atoms with Gasteiger partial charge in [-0.3, -0.25) is 0 Å². The van der Waals surface area contributed by atoms with E-state index >= 15 is 0 Å². The number of rotatable bonds is 3. The van der Waals surface area contributed by atoms with Gasteiger partial charge in [0.2, 0.25) is 0 Å². The summed E-state index contributed by atoms with van der Waals surface area (Å²) < 4.78 is 1.22. The van der Waals surface area contributed by atoms with Crippen LogP contribution in [-0.4, -0.2) is 9.97 Å². The Morgan fingerprint density at radius 2 is 1.84 bits per heavy atom. The number of nitrogens with two attached hydrogens (primary N) is 2. The van der Waals surface area contributed by atoms with Crippen molar-refractivity contribution < 1.29 is 0 Å². The van der Waals surface area contributed by atoms with Gasteiger partial charge in [-0.2, -0.15) is 0 Å². The summed E-state index contributed by atoms with van der Waals surface area (Å²) in [7, 11) is 0. The van der Waals surface area contributed by atoms with Gasteiger partial charge in [-0.15, -0.1) is 11.3 Å². The Hall–Kier alpha value is -2.92. The molecule has 2 aromatic carbocycles. The topological polar surface area (TPSA) is 77.8 Å². The summed E-state index contributed by atoms with van der Waals surface area (Å²) in [5, 5.41) is 1.09. The summed E-state index contributed by atoms with van der Waals surface area (Å²) in [5.74, 6) is 0.387. The van der Waals surface area contributed by atoms with E-state index in [1.807, 2.05) is 13.0 Å². The lowest BCUT2D eigenvalue weighted by molar-refractivity contribution is 1.17. The number of anilines is 2. The zero-order valence-corrected chi connectivity index (χ0v) is 14.7. The number of hydrogen-bond acceptors (Lipinski definition) is 5. The number of thiazole rings is 1. The van der Waals surface area contributed by atoms with Crippen molar-refractivity contribution in [2.24, 2.45) is 0 Å². The van der Waals surface area contributed by atoms with Crippen LogP contribution in [-0.2, 0) is 6.42 Å². The molecule has 0 radical (unpaired) electrons. The van der Waals surface area contributed by atoms with E-state index in [2.05, 4.69) is 52.4 Å². The molecule has 0 unspecified atom stereocenters. The molecule has 0 fully saturated rings. The van der Waals surface area contributed by atoms with Crippen LogP contribution in [0.1, 0.15) is 16.1 Å². The molecule has 0 spiro atoms. The van der Waals surface area contributed by atoms with Gasteiger partial charge in [0.15, 0.2) is 0 Å². The molecular formula is C20H18N4S. The quantitative estimate of drug-likeness (QED) is 0.575. The second kappa shape index (κ2) is 6.18. The third-order valence-corrected chi connectivity index (χ3v) is 5.21. The average molecular weight is 346 g/mol. The van der Waals surface area contributed by atoms with E-state index < -0.39 is 0 Å². The van der Waals surface area contributed by atoms with Crippen molar-refractivity contribution in [3.8, 4) is 11.1 Å². The molecule has 25 heavy (non-hydrogen) atoms. The second-order valence-corrected chi connectivity index (χ2v) is 7.30. The first-order valence-electron chi connectivity index (χ1n) is 8.05. The predicted molar refractivity (Wildman–Crippen MR) is 106 cm³/mol. The highest BCUT2D eigenvalue weighted by Gasteiger charge is 2.07. The van der Waals surface area contributed by atoms with Crippen LogP contribution < -0.4 is 11.5 Å². The fourth-order valence-electron chi connectivity index (χ4n) is 2.99. The van der Waals surface area contributed by atoms with Crippen LogP contribution in [0, 0.1) is 6.92 Å². The number of fused-ring (bicyclic) bond motifs is 1. The number of nitrogen functional groups attached to an aromatic ring is 2. The molecule has 124 valence electrons. The first-order chi connectivity index (χ1) is 12.1. The molecule has 0 aliphatic carbocycles. The van der Waals surface area contributed by atoms with Crippen molar-refractivity contribution >= 4 is 33.1 Å². The summed E-state index contributed by atoms with van der Waals surface area (Å²) in [6, 6.07) is 16.8. The zero-order valence-electron chi connectivity index (χ0n) is 13.9. The largest absolute Gasteiger partial charge is 0.396 e. The maximum atomic E-state index is 6.05. The minimum absolute atomic E-state index is 0.387. The van der Waals surface area contributed by atoms with Gasteiger partial charge >= 0.3 is 0 Å². The van der Waals surface area contributed by atoms with Gasteiger partial charge in [0.25, 0.3) is 0 Å². The maximum Gasteiger partial charge on any atom is 0.146 e. The first kappa shape index (κ1) is 15.6. The molecule has 4 rings (SSSR count). The third kappa shape index (κ3) is 3.06. The van der Waals surface area contributed by atoms with E-state index in [0.717, 1.165) is 22.5 Å². The lowest BCUT2D eigenvalue weighted by Gasteiger charge is -2.09. The third-order valence-electron chi connectivity index (χ3n) is 4.26. The van der Waals surface area contributed by atoms with Crippen LogP contribution in [0.15, 0.2) is 54.7 Å². The monoisotopic (exact) mass is 346 g/mol. The zero-order chi connectivity index (χ0) is 17.4. The summed E-state index contributed by atoms with van der Waals surface area (Å²) in [5.41, 5.74) is 18.0. The number of nitrogens with zero attached hydrogens (tertiary/aromatic N) is 2. The van der Waals surface area contributed by atoms with Crippen molar-refractivity contribution in [2.75, 3.05) is 11.5 Å². The van der Waals surface area contributed by atoms with Crippen molar-refractivity contribution in [1.29, 1.82) is 0 Å². The number of aromatic nitrogens is 2. The predicted octanol–water partition coefficient (Wildman–Crippen LogP) is 4.42. The molecule has 0 saturated heterocycles. The second-order valence-electron chi connectivity index (χ2n) is 6.06. The standard InChI is InChI=1S/C20H18N4S/c1-12-24-17-11-15(5-6-18(17)25-12)14-4-2-3-13(9-14)10-16-7-8-23-20(22)19(16)21/h2-9,11H,10,21H2,1H3,(H2,22,23). The number of pyridine rings is 1. The molecule has 0 aliphatic rings. The van der Waals surface area contributed by atoms with Crippen LogP contribution in [0.3, 0.4) is 0 Å². The molecule has 2 heterocycles. The number of hydrogen-bond donors (Lipinski definition) is 2. The van der Waals surface area contributed by atoms with Gasteiger partial charge in [0, 0.05) is 6.20 Å². The Bertz CT molecular complexity index is 1070. The SMILES string of the molecule is Cc1nc2cc(-c3cccc(Cc4ccnc(N)c4N)c3)ccc2s1. The van der Waals surface area contributed by atoms with Crippen molar-refractivity contribution in [3.05, 3.63) is 70.9 Å². The molecule has 2 aromatic heterocycles.